The number of anilines is 1. The molecule has 9 heteroatoms. The van der Waals surface area contributed by atoms with E-state index in [9.17, 15) is 18.0 Å². The average Bonchev–Trinajstić information content (AvgIpc) is 2.88. The van der Waals surface area contributed by atoms with E-state index in [2.05, 4.69) is 9.46 Å². The molecule has 0 bridgehead atoms. The third-order valence-electron chi connectivity index (χ3n) is 3.80. The molecule has 136 valence electrons. The van der Waals surface area contributed by atoms with Gasteiger partial charge in [-0.3, -0.25) is 9.52 Å². The Labute approximate surface area is 153 Å². The van der Waals surface area contributed by atoms with Gasteiger partial charge < -0.3 is 9.30 Å². The summed E-state index contributed by atoms with van der Waals surface area (Å²) in [4.78, 5) is 23.0. The Bertz CT molecular complexity index is 1130. The van der Waals surface area contributed by atoms with Gasteiger partial charge in [0.1, 0.15) is 0 Å². The van der Waals surface area contributed by atoms with Gasteiger partial charge in [-0.05, 0) is 35.9 Å². The Kier molecular flexibility index (Phi) is 4.84. The fourth-order valence-corrected chi connectivity index (χ4v) is 4.60. The number of esters is 1. The van der Waals surface area contributed by atoms with Crippen LogP contribution in [0, 0.1) is 0 Å². The number of benzene rings is 2. The maximum absolute atomic E-state index is 12.4. The van der Waals surface area contributed by atoms with Gasteiger partial charge in [-0.25, -0.2) is 13.2 Å². The zero-order valence-corrected chi connectivity index (χ0v) is 15.7. The number of thiazole rings is 1. The van der Waals surface area contributed by atoms with Gasteiger partial charge in [0.05, 0.1) is 34.3 Å². The van der Waals surface area contributed by atoms with Gasteiger partial charge in [-0.2, -0.15) is 0 Å². The molecule has 0 saturated carbocycles. The molecule has 0 aliphatic heterocycles. The normalized spacial score (nSPS) is 11.5. The summed E-state index contributed by atoms with van der Waals surface area (Å²) >= 11 is 1.06. The van der Waals surface area contributed by atoms with Crippen LogP contribution in [0.1, 0.15) is 15.9 Å². The molecular formula is C17H16N2O5S2. The Morgan fingerprint density at radius 1 is 1.19 bits per heavy atom. The minimum absolute atomic E-state index is 0.106. The van der Waals surface area contributed by atoms with Gasteiger partial charge in [0.2, 0.25) is 10.0 Å². The monoisotopic (exact) mass is 392 g/mol. The maximum Gasteiger partial charge on any atom is 0.337 e. The van der Waals surface area contributed by atoms with Crippen LogP contribution in [-0.2, 0) is 27.6 Å². The molecule has 26 heavy (non-hydrogen) atoms. The number of fused-ring (bicyclic) bond motifs is 1. The molecule has 2 aromatic carbocycles. The highest BCUT2D eigenvalue weighted by Gasteiger charge is 2.14. The second kappa shape index (κ2) is 6.93. The molecule has 1 aromatic heterocycles. The summed E-state index contributed by atoms with van der Waals surface area (Å²) in [5, 5.41) is 0. The number of aromatic nitrogens is 1. The number of ether oxygens (including phenoxy) is 1. The fourth-order valence-electron chi connectivity index (χ4n) is 2.49. The number of carbonyl (C=O) groups excluding carboxylic acids is 1. The Morgan fingerprint density at radius 3 is 2.54 bits per heavy atom. The molecule has 0 fully saturated rings. The second-order valence-corrected chi connectivity index (χ2v) is 8.37. The van der Waals surface area contributed by atoms with Crippen LogP contribution in [0.3, 0.4) is 0 Å². The van der Waals surface area contributed by atoms with Crippen LogP contribution in [0.4, 0.5) is 5.69 Å². The lowest BCUT2D eigenvalue weighted by atomic mass is 10.1. The highest BCUT2D eigenvalue weighted by Crippen LogP contribution is 2.22. The molecule has 0 saturated heterocycles. The first-order chi connectivity index (χ1) is 12.3. The summed E-state index contributed by atoms with van der Waals surface area (Å²) in [6, 6.07) is 11.1. The largest absolute Gasteiger partial charge is 0.465 e. The van der Waals surface area contributed by atoms with Crippen LogP contribution in [0.5, 0.6) is 0 Å². The topological polar surface area (TPSA) is 94.5 Å². The lowest BCUT2D eigenvalue weighted by Crippen LogP contribution is -2.15. The van der Waals surface area contributed by atoms with Crippen LogP contribution in [0.25, 0.3) is 10.2 Å². The van der Waals surface area contributed by atoms with E-state index < -0.39 is 16.0 Å². The summed E-state index contributed by atoms with van der Waals surface area (Å²) in [6.07, 6.45) is 0. The smallest absolute Gasteiger partial charge is 0.337 e. The van der Waals surface area contributed by atoms with Crippen molar-refractivity contribution in [1.82, 2.24) is 4.57 Å². The van der Waals surface area contributed by atoms with Gasteiger partial charge >= 0.3 is 10.8 Å². The van der Waals surface area contributed by atoms with Crippen molar-refractivity contribution in [3.05, 3.63) is 63.3 Å². The third kappa shape index (κ3) is 3.78. The van der Waals surface area contributed by atoms with Crippen molar-refractivity contribution >= 4 is 43.2 Å². The van der Waals surface area contributed by atoms with Crippen molar-refractivity contribution in [2.45, 2.75) is 5.75 Å². The van der Waals surface area contributed by atoms with Crippen molar-refractivity contribution in [2.24, 2.45) is 7.05 Å². The predicted octanol–water partition coefficient (Wildman–Crippen LogP) is 2.33. The molecule has 7 nitrogen and oxygen atoms in total. The van der Waals surface area contributed by atoms with Crippen molar-refractivity contribution < 1.29 is 17.9 Å². The first-order valence-electron chi connectivity index (χ1n) is 7.56. The number of hydrogen-bond acceptors (Lipinski definition) is 6. The first kappa shape index (κ1) is 18.2. The summed E-state index contributed by atoms with van der Waals surface area (Å²) in [6.45, 7) is 0. The van der Waals surface area contributed by atoms with Crippen LogP contribution >= 0.6 is 11.3 Å². The average molecular weight is 392 g/mol. The van der Waals surface area contributed by atoms with Crippen LogP contribution in [0.2, 0.25) is 0 Å². The molecule has 3 aromatic rings. The number of aryl methyl sites for hydroxylation is 1. The summed E-state index contributed by atoms with van der Waals surface area (Å²) in [5.41, 5.74) is 2.04. The maximum atomic E-state index is 12.4. The molecule has 0 atom stereocenters. The van der Waals surface area contributed by atoms with E-state index in [1.54, 1.807) is 37.4 Å². The van der Waals surface area contributed by atoms with Crippen molar-refractivity contribution in [3.8, 4) is 0 Å². The molecule has 0 aliphatic rings. The second-order valence-electron chi connectivity index (χ2n) is 5.66. The summed E-state index contributed by atoms with van der Waals surface area (Å²) in [5.74, 6) is -0.718. The van der Waals surface area contributed by atoms with E-state index in [0.29, 0.717) is 21.5 Å². The van der Waals surface area contributed by atoms with E-state index >= 15 is 0 Å². The van der Waals surface area contributed by atoms with E-state index in [0.717, 1.165) is 16.9 Å². The molecule has 1 heterocycles. The summed E-state index contributed by atoms with van der Waals surface area (Å²) < 4.78 is 34.1. The van der Waals surface area contributed by atoms with Gasteiger partial charge in [0.15, 0.2) is 0 Å². The number of rotatable bonds is 5. The van der Waals surface area contributed by atoms with Gasteiger partial charge in [-0.1, -0.05) is 23.5 Å². The number of sulfonamides is 1. The third-order valence-corrected chi connectivity index (χ3v) is 6.05. The minimum Gasteiger partial charge on any atom is -0.465 e. The Morgan fingerprint density at radius 2 is 1.88 bits per heavy atom. The number of hydrogen-bond donors (Lipinski definition) is 1. The molecule has 0 amide bonds. The Hall–Kier alpha value is -2.65. The lowest BCUT2D eigenvalue weighted by molar-refractivity contribution is 0.0600. The predicted molar refractivity (Wildman–Crippen MR) is 101 cm³/mol. The minimum atomic E-state index is -3.64. The molecule has 0 aliphatic carbocycles. The van der Waals surface area contributed by atoms with Crippen molar-refractivity contribution in [3.63, 3.8) is 0 Å². The summed E-state index contributed by atoms with van der Waals surface area (Å²) in [7, 11) is -0.693. The van der Waals surface area contributed by atoms with E-state index in [1.165, 1.54) is 23.8 Å². The van der Waals surface area contributed by atoms with Crippen LogP contribution < -0.4 is 9.60 Å². The fraction of sp³-hybridized carbons (Fsp3) is 0.176. The number of methoxy groups -OCH3 is 1. The van der Waals surface area contributed by atoms with Crippen LogP contribution in [0.15, 0.2) is 47.3 Å². The molecule has 1 N–H and O–H groups in total. The van der Waals surface area contributed by atoms with Gasteiger partial charge in [-0.15, -0.1) is 0 Å². The molecule has 0 spiro atoms. The number of carbonyl (C=O) groups is 1. The van der Waals surface area contributed by atoms with Crippen molar-refractivity contribution in [2.75, 3.05) is 11.8 Å². The highest BCUT2D eigenvalue weighted by atomic mass is 32.2. The number of nitrogens with zero attached hydrogens (tertiary/aromatic N) is 1. The molecule has 3 rings (SSSR count). The van der Waals surface area contributed by atoms with E-state index in [1.807, 2.05) is 0 Å². The molecular weight excluding hydrogens is 376 g/mol. The zero-order valence-electron chi connectivity index (χ0n) is 14.1. The first-order valence-corrected chi connectivity index (χ1v) is 10.0. The van der Waals surface area contributed by atoms with E-state index in [-0.39, 0.29) is 10.6 Å². The van der Waals surface area contributed by atoms with E-state index in [4.69, 9.17) is 0 Å². The highest BCUT2D eigenvalue weighted by molar-refractivity contribution is 7.91. The Balaban J connectivity index is 1.78. The van der Waals surface area contributed by atoms with Gasteiger partial charge in [0, 0.05) is 7.05 Å². The lowest BCUT2D eigenvalue weighted by Gasteiger charge is -2.09. The quantitative estimate of drug-likeness (QED) is 0.673. The molecule has 0 unspecified atom stereocenters. The van der Waals surface area contributed by atoms with Crippen molar-refractivity contribution in [1.29, 1.82) is 0 Å². The van der Waals surface area contributed by atoms with Crippen LogP contribution in [-0.4, -0.2) is 26.1 Å². The molecule has 0 radical (unpaired) electrons. The standard InChI is InChI=1S/C17H16N2O5S2/c1-19-14-8-7-13(9-15(14)25-17(19)21)18-26(22,23)10-11-3-5-12(6-4-11)16(20)24-2/h3-9,18H,10H2,1-2H3. The zero-order chi connectivity index (χ0) is 18.9. The SMILES string of the molecule is COC(=O)c1ccc(CS(=O)(=O)Nc2ccc3c(c2)sc(=O)n3C)cc1. The number of nitrogens with one attached hydrogen (secondary N) is 1. The van der Waals surface area contributed by atoms with Gasteiger partial charge in [0.25, 0.3) is 0 Å².